The number of aliphatic carboxylic acids is 1. The molecular weight excluding hydrogens is 332 g/mol. The van der Waals surface area contributed by atoms with E-state index in [-0.39, 0.29) is 41.9 Å². The van der Waals surface area contributed by atoms with Crippen LogP contribution < -0.4 is 0 Å². The summed E-state index contributed by atoms with van der Waals surface area (Å²) in [5.41, 5.74) is 1.71. The number of allylic oxidation sites excluding steroid dienone is 2. The van der Waals surface area contributed by atoms with Crippen LogP contribution in [0.2, 0.25) is 0 Å². The van der Waals surface area contributed by atoms with Gasteiger partial charge in [0.1, 0.15) is 6.04 Å². The number of imide groups is 1. The second-order valence-electron chi connectivity index (χ2n) is 7.46. The number of carbonyl (C=O) groups excluding carboxylic acids is 2. The second-order valence-corrected chi connectivity index (χ2v) is 7.46. The number of aromatic amines is 1. The molecule has 0 spiro atoms. The lowest BCUT2D eigenvalue weighted by atomic mass is 9.85. The van der Waals surface area contributed by atoms with E-state index in [9.17, 15) is 19.5 Å². The van der Waals surface area contributed by atoms with Gasteiger partial charge in [-0.3, -0.25) is 14.5 Å². The summed E-state index contributed by atoms with van der Waals surface area (Å²) in [5, 5.41) is 10.7. The highest BCUT2D eigenvalue weighted by Crippen LogP contribution is 2.53. The maximum absolute atomic E-state index is 12.9. The molecule has 2 amide bonds. The Labute approximate surface area is 149 Å². The maximum atomic E-state index is 12.9. The van der Waals surface area contributed by atoms with Crippen LogP contribution in [-0.2, 0) is 20.8 Å². The largest absolute Gasteiger partial charge is 0.480 e. The number of hydrogen-bond acceptors (Lipinski definition) is 3. The number of nitrogens with zero attached hydrogens (tertiary/aromatic N) is 1. The number of carboxylic acid groups (broad SMARTS) is 1. The average Bonchev–Trinajstić information content (AvgIpc) is 3.37. The van der Waals surface area contributed by atoms with Gasteiger partial charge in [0.2, 0.25) is 11.8 Å². The molecule has 0 radical (unpaired) electrons. The van der Waals surface area contributed by atoms with Crippen molar-refractivity contribution in [1.29, 1.82) is 0 Å². The lowest BCUT2D eigenvalue weighted by Crippen LogP contribution is -2.47. The molecule has 1 aromatic heterocycles. The van der Waals surface area contributed by atoms with E-state index in [4.69, 9.17) is 0 Å². The molecule has 26 heavy (non-hydrogen) atoms. The summed E-state index contributed by atoms with van der Waals surface area (Å²) in [6, 6.07) is 6.44. The molecule has 6 heteroatoms. The van der Waals surface area contributed by atoms with Gasteiger partial charge in [0, 0.05) is 23.5 Å². The van der Waals surface area contributed by atoms with E-state index < -0.39 is 12.0 Å². The van der Waals surface area contributed by atoms with Crippen LogP contribution in [0.15, 0.2) is 42.6 Å². The molecule has 132 valence electrons. The average molecular weight is 350 g/mol. The van der Waals surface area contributed by atoms with E-state index in [1.165, 1.54) is 0 Å². The number of H-pyrrole nitrogens is 1. The van der Waals surface area contributed by atoms with Crippen molar-refractivity contribution < 1.29 is 19.5 Å². The Morgan fingerprint density at radius 3 is 2.46 bits per heavy atom. The van der Waals surface area contributed by atoms with E-state index in [0.717, 1.165) is 27.8 Å². The SMILES string of the molecule is O=C(O)[C@@H](Cc1c[nH]c2ccccc12)N1C(=O)[C@@H]2[C@H](C1=O)[C@H]1C=C[C@@H]2C1. The van der Waals surface area contributed by atoms with Gasteiger partial charge in [0.05, 0.1) is 11.8 Å². The quantitative estimate of drug-likeness (QED) is 0.652. The smallest absolute Gasteiger partial charge is 0.327 e. The zero-order valence-corrected chi connectivity index (χ0v) is 14.0. The van der Waals surface area contributed by atoms with Crippen LogP contribution in [0, 0.1) is 23.7 Å². The highest BCUT2D eigenvalue weighted by atomic mass is 16.4. The zero-order valence-electron chi connectivity index (χ0n) is 14.0. The van der Waals surface area contributed by atoms with Gasteiger partial charge in [-0.25, -0.2) is 4.79 Å². The number of likely N-dealkylation sites (tertiary alicyclic amines) is 1. The van der Waals surface area contributed by atoms with Crippen molar-refractivity contribution in [3.8, 4) is 0 Å². The van der Waals surface area contributed by atoms with Crippen LogP contribution in [0.4, 0.5) is 0 Å². The summed E-state index contributed by atoms with van der Waals surface area (Å²) in [6.07, 6.45) is 6.73. The Morgan fingerprint density at radius 1 is 1.15 bits per heavy atom. The third-order valence-corrected chi connectivity index (χ3v) is 6.19. The van der Waals surface area contributed by atoms with Crippen LogP contribution in [0.3, 0.4) is 0 Å². The van der Waals surface area contributed by atoms with Crippen LogP contribution in [0.1, 0.15) is 12.0 Å². The Kier molecular flexibility index (Phi) is 3.13. The van der Waals surface area contributed by atoms with Crippen LogP contribution in [-0.4, -0.2) is 38.8 Å². The summed E-state index contributed by atoms with van der Waals surface area (Å²) in [4.78, 5) is 42.0. The second kappa shape index (κ2) is 5.30. The minimum atomic E-state index is -1.17. The van der Waals surface area contributed by atoms with E-state index in [1.54, 1.807) is 6.20 Å². The molecule has 5 rings (SSSR count). The van der Waals surface area contributed by atoms with Crippen molar-refractivity contribution in [2.75, 3.05) is 0 Å². The molecule has 1 saturated heterocycles. The van der Waals surface area contributed by atoms with Gasteiger partial charge in [-0.2, -0.15) is 0 Å². The van der Waals surface area contributed by atoms with E-state index in [1.807, 2.05) is 36.4 Å². The fourth-order valence-corrected chi connectivity index (χ4v) is 5.03. The number of benzene rings is 1. The number of aromatic nitrogens is 1. The number of para-hydroxylation sites is 1. The Morgan fingerprint density at radius 2 is 1.81 bits per heavy atom. The molecule has 1 aliphatic heterocycles. The molecule has 2 bridgehead atoms. The fraction of sp³-hybridized carbons (Fsp3) is 0.350. The van der Waals surface area contributed by atoms with Crippen molar-refractivity contribution in [3.05, 3.63) is 48.2 Å². The Hall–Kier alpha value is -2.89. The molecule has 2 N–H and O–H groups in total. The first-order valence-corrected chi connectivity index (χ1v) is 8.89. The first-order chi connectivity index (χ1) is 12.6. The number of amides is 2. The van der Waals surface area contributed by atoms with Crippen molar-refractivity contribution in [2.24, 2.45) is 23.7 Å². The first kappa shape index (κ1) is 15.4. The molecule has 1 aromatic carbocycles. The highest BCUT2D eigenvalue weighted by Gasteiger charge is 2.61. The summed E-state index contributed by atoms with van der Waals surface area (Å²) in [6.45, 7) is 0. The summed E-state index contributed by atoms with van der Waals surface area (Å²) in [5.74, 6) is -2.36. The van der Waals surface area contributed by atoms with Gasteiger partial charge in [0.15, 0.2) is 0 Å². The van der Waals surface area contributed by atoms with Gasteiger partial charge < -0.3 is 10.1 Å². The number of nitrogens with one attached hydrogen (secondary N) is 1. The van der Waals surface area contributed by atoms with E-state index >= 15 is 0 Å². The first-order valence-electron chi connectivity index (χ1n) is 8.89. The number of carbonyl (C=O) groups is 3. The van der Waals surface area contributed by atoms with Gasteiger partial charge in [0.25, 0.3) is 0 Å². The summed E-state index contributed by atoms with van der Waals surface area (Å²) >= 11 is 0. The zero-order chi connectivity index (χ0) is 18.0. The van der Waals surface area contributed by atoms with E-state index in [0.29, 0.717) is 0 Å². The molecule has 2 fully saturated rings. The Balaban J connectivity index is 1.49. The van der Waals surface area contributed by atoms with Gasteiger partial charge in [-0.1, -0.05) is 30.4 Å². The minimum absolute atomic E-state index is 0.0778. The number of rotatable bonds is 4. The van der Waals surface area contributed by atoms with Crippen LogP contribution in [0.5, 0.6) is 0 Å². The summed E-state index contributed by atoms with van der Waals surface area (Å²) < 4.78 is 0. The fourth-order valence-electron chi connectivity index (χ4n) is 5.03. The maximum Gasteiger partial charge on any atom is 0.327 e. The molecule has 1 saturated carbocycles. The third kappa shape index (κ3) is 1.95. The molecule has 2 aromatic rings. The number of fused-ring (bicyclic) bond motifs is 6. The van der Waals surface area contributed by atoms with Crippen LogP contribution >= 0.6 is 0 Å². The Bertz CT molecular complexity index is 945. The predicted octanol–water partition coefficient (Wildman–Crippen LogP) is 1.97. The topological polar surface area (TPSA) is 90.5 Å². The van der Waals surface area contributed by atoms with Gasteiger partial charge in [-0.05, 0) is 29.9 Å². The van der Waals surface area contributed by atoms with Gasteiger partial charge >= 0.3 is 5.97 Å². The molecular formula is C20H18N2O4. The van der Waals surface area contributed by atoms with Crippen molar-refractivity contribution in [3.63, 3.8) is 0 Å². The third-order valence-electron chi connectivity index (χ3n) is 6.19. The highest BCUT2D eigenvalue weighted by molar-refractivity contribution is 6.09. The van der Waals surface area contributed by atoms with Gasteiger partial charge in [-0.15, -0.1) is 0 Å². The van der Waals surface area contributed by atoms with E-state index in [2.05, 4.69) is 4.98 Å². The molecule has 6 nitrogen and oxygen atoms in total. The molecule has 2 aliphatic carbocycles. The number of carboxylic acids is 1. The standard InChI is InChI=1S/C20H18N2O4/c23-18-16-10-5-6-11(7-10)17(16)19(24)22(18)15(20(25)26)8-12-9-21-14-4-2-1-3-13(12)14/h1-6,9-11,15-17,21H,7-8H2,(H,25,26)/t10-,11+,15-,16+,17-/m1/s1. The predicted molar refractivity (Wildman–Crippen MR) is 93.0 cm³/mol. The summed E-state index contributed by atoms with van der Waals surface area (Å²) in [7, 11) is 0. The lowest BCUT2D eigenvalue weighted by molar-refractivity contribution is -0.155. The van der Waals surface area contributed by atoms with Crippen molar-refractivity contribution in [1.82, 2.24) is 9.88 Å². The molecule has 3 aliphatic rings. The molecule has 2 heterocycles. The van der Waals surface area contributed by atoms with Crippen LogP contribution in [0.25, 0.3) is 10.9 Å². The number of hydrogen-bond donors (Lipinski definition) is 2. The lowest BCUT2D eigenvalue weighted by Gasteiger charge is -2.24. The van der Waals surface area contributed by atoms with Crippen molar-refractivity contribution >= 4 is 28.7 Å². The minimum Gasteiger partial charge on any atom is -0.480 e. The molecule has 0 unspecified atom stereocenters. The molecule has 5 atom stereocenters. The van der Waals surface area contributed by atoms with Crippen molar-refractivity contribution in [2.45, 2.75) is 18.9 Å². The normalized spacial score (nSPS) is 30.4. The monoisotopic (exact) mass is 350 g/mol.